The average molecular weight is 329 g/mol. The first-order valence-corrected chi connectivity index (χ1v) is 7.32. The van der Waals surface area contributed by atoms with Gasteiger partial charge in [-0.25, -0.2) is 0 Å². The van der Waals surface area contributed by atoms with Gasteiger partial charge in [-0.2, -0.15) is 13.2 Å². The van der Waals surface area contributed by atoms with Crippen LogP contribution in [0.2, 0.25) is 0 Å². The molecule has 8 heteroatoms. The van der Waals surface area contributed by atoms with Crippen LogP contribution in [-0.2, 0) is 11.0 Å². The summed E-state index contributed by atoms with van der Waals surface area (Å²) in [7, 11) is 0. The molecule has 0 unspecified atom stereocenters. The molecule has 2 amide bonds. The van der Waals surface area contributed by atoms with Gasteiger partial charge in [-0.1, -0.05) is 0 Å². The van der Waals surface area contributed by atoms with Crippen LogP contribution < -0.4 is 10.6 Å². The predicted octanol–water partition coefficient (Wildman–Crippen LogP) is 1.26. The largest absolute Gasteiger partial charge is 0.416 e. The molecule has 1 aliphatic heterocycles. The monoisotopic (exact) mass is 329 g/mol. The summed E-state index contributed by atoms with van der Waals surface area (Å²) in [5, 5.41) is 5.61. The Kier molecular flexibility index (Phi) is 5.59. The van der Waals surface area contributed by atoms with Gasteiger partial charge < -0.3 is 15.5 Å². The number of alkyl halides is 3. The Morgan fingerprint density at radius 1 is 1.13 bits per heavy atom. The smallest absolute Gasteiger partial charge is 0.343 e. The van der Waals surface area contributed by atoms with Crippen LogP contribution in [0, 0.1) is 0 Å². The molecule has 126 valence electrons. The maximum absolute atomic E-state index is 12.5. The first kappa shape index (κ1) is 17.3. The lowest BCUT2D eigenvalue weighted by Gasteiger charge is -2.20. The van der Waals surface area contributed by atoms with Crippen molar-refractivity contribution < 1.29 is 22.8 Å². The molecule has 0 aromatic heterocycles. The van der Waals surface area contributed by atoms with Gasteiger partial charge in [0.2, 0.25) is 5.91 Å². The summed E-state index contributed by atoms with van der Waals surface area (Å²) in [4.78, 5) is 25.6. The standard InChI is InChI=1S/C15H18F3N3O2/c16-15(17,18)12-4-2-11(3-5-12)14(23)20-10-13(22)21-8-1-6-19-7-9-21/h2-5,19H,1,6-10H2,(H,20,23). The van der Waals surface area contributed by atoms with Crippen LogP contribution >= 0.6 is 0 Å². The van der Waals surface area contributed by atoms with E-state index in [4.69, 9.17) is 0 Å². The molecule has 1 aromatic rings. The second kappa shape index (κ2) is 7.45. The minimum atomic E-state index is -4.44. The minimum Gasteiger partial charge on any atom is -0.343 e. The number of amides is 2. The van der Waals surface area contributed by atoms with E-state index in [0.717, 1.165) is 37.2 Å². The number of hydrogen-bond donors (Lipinski definition) is 2. The lowest BCUT2D eigenvalue weighted by Crippen LogP contribution is -2.41. The van der Waals surface area contributed by atoms with Crippen molar-refractivity contribution in [2.75, 3.05) is 32.7 Å². The SMILES string of the molecule is O=C(NCC(=O)N1CCCNCC1)c1ccc(C(F)(F)F)cc1. The second-order valence-electron chi connectivity index (χ2n) is 5.24. The molecule has 1 heterocycles. The number of benzene rings is 1. The highest BCUT2D eigenvalue weighted by Gasteiger charge is 2.30. The highest BCUT2D eigenvalue weighted by Crippen LogP contribution is 2.29. The van der Waals surface area contributed by atoms with Crippen LogP contribution in [0.5, 0.6) is 0 Å². The molecule has 2 N–H and O–H groups in total. The van der Waals surface area contributed by atoms with E-state index < -0.39 is 17.6 Å². The first-order valence-electron chi connectivity index (χ1n) is 7.32. The van der Waals surface area contributed by atoms with Crippen LogP contribution in [-0.4, -0.2) is 49.4 Å². The molecule has 23 heavy (non-hydrogen) atoms. The number of carbonyl (C=O) groups is 2. The Morgan fingerprint density at radius 2 is 1.83 bits per heavy atom. The summed E-state index contributed by atoms with van der Waals surface area (Å²) in [6, 6.07) is 3.88. The fourth-order valence-electron chi connectivity index (χ4n) is 2.28. The molecular formula is C15H18F3N3O2. The number of nitrogens with zero attached hydrogens (tertiary/aromatic N) is 1. The molecule has 0 atom stereocenters. The molecule has 0 radical (unpaired) electrons. The van der Waals surface area contributed by atoms with Crippen molar-refractivity contribution in [2.24, 2.45) is 0 Å². The topological polar surface area (TPSA) is 61.4 Å². The first-order chi connectivity index (χ1) is 10.9. The summed E-state index contributed by atoms with van der Waals surface area (Å²) >= 11 is 0. The van der Waals surface area contributed by atoms with Crippen LogP contribution in [0.4, 0.5) is 13.2 Å². The Morgan fingerprint density at radius 3 is 2.48 bits per heavy atom. The van der Waals surface area contributed by atoms with E-state index in [1.807, 2.05) is 0 Å². The summed E-state index contributed by atoms with van der Waals surface area (Å²) < 4.78 is 37.4. The van der Waals surface area contributed by atoms with Crippen molar-refractivity contribution in [3.8, 4) is 0 Å². The van der Waals surface area contributed by atoms with Gasteiger partial charge in [0.15, 0.2) is 0 Å². The van der Waals surface area contributed by atoms with Crippen LogP contribution in [0.3, 0.4) is 0 Å². The number of hydrogen-bond acceptors (Lipinski definition) is 3. The van der Waals surface area contributed by atoms with Gasteiger partial charge in [-0.3, -0.25) is 9.59 Å². The zero-order valence-electron chi connectivity index (χ0n) is 12.4. The van der Waals surface area contributed by atoms with Crippen molar-refractivity contribution in [1.29, 1.82) is 0 Å². The third-order valence-electron chi connectivity index (χ3n) is 3.57. The van der Waals surface area contributed by atoms with Gasteiger partial charge >= 0.3 is 6.18 Å². The van der Waals surface area contributed by atoms with Gasteiger partial charge in [0.1, 0.15) is 0 Å². The number of carbonyl (C=O) groups excluding carboxylic acids is 2. The fraction of sp³-hybridized carbons (Fsp3) is 0.467. The Labute approximate surface area is 131 Å². The molecule has 1 aliphatic rings. The molecule has 2 rings (SSSR count). The molecule has 0 saturated carbocycles. The number of rotatable bonds is 3. The van der Waals surface area contributed by atoms with E-state index in [9.17, 15) is 22.8 Å². The predicted molar refractivity (Wildman–Crippen MR) is 77.8 cm³/mol. The van der Waals surface area contributed by atoms with Crippen LogP contribution in [0.1, 0.15) is 22.3 Å². The van der Waals surface area contributed by atoms with E-state index in [2.05, 4.69) is 10.6 Å². The molecule has 5 nitrogen and oxygen atoms in total. The third-order valence-corrected chi connectivity index (χ3v) is 3.57. The molecule has 0 spiro atoms. The maximum Gasteiger partial charge on any atom is 0.416 e. The van der Waals surface area contributed by atoms with Crippen LogP contribution in [0.25, 0.3) is 0 Å². The lowest BCUT2D eigenvalue weighted by molar-refractivity contribution is -0.137. The molecular weight excluding hydrogens is 311 g/mol. The Hall–Kier alpha value is -2.09. The Bertz CT molecular complexity index is 550. The summed E-state index contributed by atoms with van der Waals surface area (Å²) in [6.07, 6.45) is -3.59. The molecule has 1 fully saturated rings. The van der Waals surface area contributed by atoms with E-state index in [0.29, 0.717) is 19.6 Å². The van der Waals surface area contributed by atoms with Crippen molar-refractivity contribution >= 4 is 11.8 Å². The van der Waals surface area contributed by atoms with Gasteiger partial charge in [-0.15, -0.1) is 0 Å². The van der Waals surface area contributed by atoms with E-state index in [1.165, 1.54) is 0 Å². The second-order valence-corrected chi connectivity index (χ2v) is 5.24. The normalized spacial score (nSPS) is 15.9. The molecule has 1 aromatic carbocycles. The summed E-state index contributed by atoms with van der Waals surface area (Å²) in [5.41, 5.74) is -0.731. The van der Waals surface area contributed by atoms with E-state index >= 15 is 0 Å². The minimum absolute atomic E-state index is 0.0864. The fourth-order valence-corrected chi connectivity index (χ4v) is 2.28. The number of halogens is 3. The highest BCUT2D eigenvalue weighted by atomic mass is 19.4. The summed E-state index contributed by atoms with van der Waals surface area (Å²) in [6.45, 7) is 2.59. The van der Waals surface area contributed by atoms with E-state index in [1.54, 1.807) is 4.90 Å². The van der Waals surface area contributed by atoms with Crippen molar-refractivity contribution in [2.45, 2.75) is 12.6 Å². The quantitative estimate of drug-likeness (QED) is 0.878. The van der Waals surface area contributed by atoms with Crippen molar-refractivity contribution in [3.05, 3.63) is 35.4 Å². The molecule has 0 bridgehead atoms. The third kappa shape index (κ3) is 4.95. The van der Waals surface area contributed by atoms with Crippen molar-refractivity contribution in [1.82, 2.24) is 15.5 Å². The Balaban J connectivity index is 1.87. The molecule has 1 saturated heterocycles. The van der Waals surface area contributed by atoms with Gasteiger partial charge in [0, 0.05) is 25.2 Å². The number of nitrogens with one attached hydrogen (secondary N) is 2. The van der Waals surface area contributed by atoms with Crippen molar-refractivity contribution in [3.63, 3.8) is 0 Å². The van der Waals surface area contributed by atoms with Gasteiger partial charge in [0.05, 0.1) is 12.1 Å². The maximum atomic E-state index is 12.5. The zero-order chi connectivity index (χ0) is 16.9. The lowest BCUT2D eigenvalue weighted by atomic mass is 10.1. The summed E-state index contributed by atoms with van der Waals surface area (Å²) in [5.74, 6) is -0.769. The molecule has 0 aliphatic carbocycles. The van der Waals surface area contributed by atoms with Gasteiger partial charge in [-0.05, 0) is 37.2 Å². The van der Waals surface area contributed by atoms with Gasteiger partial charge in [0.25, 0.3) is 5.91 Å². The van der Waals surface area contributed by atoms with Crippen LogP contribution in [0.15, 0.2) is 24.3 Å². The zero-order valence-corrected chi connectivity index (χ0v) is 12.4. The highest BCUT2D eigenvalue weighted by molar-refractivity contribution is 5.96. The van der Waals surface area contributed by atoms with E-state index in [-0.39, 0.29) is 18.0 Å². The average Bonchev–Trinajstić information content (AvgIpc) is 2.81.